The highest BCUT2D eigenvalue weighted by Crippen LogP contribution is 2.67. The Hall–Kier alpha value is -1.91. The van der Waals surface area contributed by atoms with Crippen molar-refractivity contribution >= 4 is 20.4 Å². The van der Waals surface area contributed by atoms with Gasteiger partial charge in [0, 0.05) is 16.4 Å². The van der Waals surface area contributed by atoms with E-state index in [4.69, 9.17) is 0 Å². The fraction of sp³-hybridized carbons (Fsp3) is 0.700. The highest BCUT2D eigenvalue weighted by atomic mass is 32.3. The van der Waals surface area contributed by atoms with Gasteiger partial charge < -0.3 is 5.11 Å². The van der Waals surface area contributed by atoms with Crippen molar-refractivity contribution in [1.82, 2.24) is 0 Å². The summed E-state index contributed by atoms with van der Waals surface area (Å²) in [5.74, 6) is -53.7. The molecule has 252 valence electrons. The zero-order chi connectivity index (χ0) is 34.3. The third-order valence-corrected chi connectivity index (χ3v) is 12.0. The number of benzene rings is 1. The van der Waals surface area contributed by atoms with Crippen molar-refractivity contribution in [1.29, 1.82) is 0 Å². The van der Waals surface area contributed by atoms with Gasteiger partial charge in [-0.25, -0.2) is 3.63 Å². The van der Waals surface area contributed by atoms with E-state index in [1.165, 1.54) is 13.8 Å². The molecule has 1 saturated heterocycles. The molecule has 0 atom stereocenters. The molecule has 1 heterocycles. The number of halogens is 17. The van der Waals surface area contributed by atoms with Gasteiger partial charge in [-0.05, 0) is 49.9 Å². The van der Waals surface area contributed by atoms with Crippen LogP contribution in [0, 0.1) is 13.8 Å². The average molecular weight is 708 g/mol. The SMILES string of the molecule is Cc1cc(S2(OS(=O)(=O)C(F)(F)C(F)(F)C(F)(F)C(F)(F)C(F)(F)C(F)(F)C(F)(F)C(F)(F)F)CCCC2)cc(C)c1O. The fourth-order valence-electron chi connectivity index (χ4n) is 3.77. The van der Waals surface area contributed by atoms with Crippen LogP contribution in [0.25, 0.3) is 0 Å². The van der Waals surface area contributed by atoms with Crippen LogP contribution in [0.3, 0.4) is 0 Å². The third kappa shape index (κ3) is 5.07. The molecule has 1 aromatic carbocycles. The van der Waals surface area contributed by atoms with E-state index in [1.54, 1.807) is 0 Å². The molecule has 1 N–H and O–H groups in total. The van der Waals surface area contributed by atoms with Gasteiger partial charge in [0.15, 0.2) is 0 Å². The normalized spacial score (nSPS) is 19.0. The molecular weight excluding hydrogens is 691 g/mol. The Bertz CT molecular complexity index is 1310. The predicted octanol–water partition coefficient (Wildman–Crippen LogP) is 8.19. The summed E-state index contributed by atoms with van der Waals surface area (Å²) in [4.78, 5) is -0.391. The second-order valence-electron chi connectivity index (χ2n) is 9.32. The third-order valence-electron chi connectivity index (χ3n) is 6.32. The van der Waals surface area contributed by atoms with E-state index in [0.717, 1.165) is 12.1 Å². The quantitative estimate of drug-likeness (QED) is 0.249. The van der Waals surface area contributed by atoms with Crippen molar-refractivity contribution in [3.63, 3.8) is 0 Å². The summed E-state index contributed by atoms with van der Waals surface area (Å²) in [6.45, 7) is 2.35. The van der Waals surface area contributed by atoms with Crippen LogP contribution in [0.5, 0.6) is 5.75 Å². The molecule has 0 radical (unpaired) electrons. The van der Waals surface area contributed by atoms with E-state index >= 15 is 0 Å². The number of phenolic OH excluding ortho intramolecular Hbond substituents is 1. The number of phenols is 1. The van der Waals surface area contributed by atoms with Crippen LogP contribution >= 0.6 is 10.3 Å². The lowest BCUT2D eigenvalue weighted by atomic mass is 9.91. The second-order valence-corrected chi connectivity index (χ2v) is 14.2. The lowest BCUT2D eigenvalue weighted by Crippen LogP contribution is -2.75. The van der Waals surface area contributed by atoms with Crippen molar-refractivity contribution in [2.75, 3.05) is 11.5 Å². The number of alkyl halides is 17. The molecule has 4 nitrogen and oxygen atoms in total. The highest BCUT2D eigenvalue weighted by Gasteiger charge is 2.96. The summed E-state index contributed by atoms with van der Waals surface area (Å²) >= 11 is 0. The molecular formula is C20H17F17O4S2. The first kappa shape index (κ1) is 37.3. The first-order valence-corrected chi connectivity index (χ1v) is 14.3. The van der Waals surface area contributed by atoms with Crippen LogP contribution in [0.15, 0.2) is 17.0 Å². The monoisotopic (exact) mass is 708 g/mol. The number of aromatic hydroxyl groups is 1. The molecule has 1 aromatic rings. The first-order valence-electron chi connectivity index (χ1n) is 11.0. The zero-order valence-corrected chi connectivity index (χ0v) is 22.5. The molecule has 0 aliphatic carbocycles. The van der Waals surface area contributed by atoms with Crippen LogP contribution < -0.4 is 0 Å². The van der Waals surface area contributed by atoms with E-state index in [1.807, 2.05) is 0 Å². The Morgan fingerprint density at radius 3 is 1.30 bits per heavy atom. The molecule has 0 spiro atoms. The topological polar surface area (TPSA) is 63.6 Å². The molecule has 23 heteroatoms. The fourth-order valence-corrected chi connectivity index (χ4v) is 9.58. The minimum Gasteiger partial charge on any atom is -0.507 e. The Morgan fingerprint density at radius 2 is 0.953 bits per heavy atom. The molecule has 1 fully saturated rings. The average Bonchev–Trinajstić information content (AvgIpc) is 3.29. The molecule has 0 aromatic heterocycles. The smallest absolute Gasteiger partial charge is 0.460 e. The maximum absolute atomic E-state index is 14.6. The summed E-state index contributed by atoms with van der Waals surface area (Å²) in [7, 11) is -11.5. The molecule has 2 rings (SSSR count). The van der Waals surface area contributed by atoms with E-state index < -0.39 is 89.5 Å². The molecule has 1 aliphatic rings. The van der Waals surface area contributed by atoms with Crippen molar-refractivity contribution < 1.29 is 91.8 Å². The summed E-state index contributed by atoms with van der Waals surface area (Å²) < 4.78 is 260. The number of aryl methyl sites for hydroxylation is 2. The van der Waals surface area contributed by atoms with Gasteiger partial charge in [-0.2, -0.15) is 83.1 Å². The lowest BCUT2D eigenvalue weighted by molar-refractivity contribution is -0.458. The number of hydrogen-bond donors (Lipinski definition) is 1. The maximum atomic E-state index is 14.6. The van der Waals surface area contributed by atoms with E-state index in [-0.39, 0.29) is 24.0 Å². The van der Waals surface area contributed by atoms with Gasteiger partial charge >= 0.3 is 57.1 Å². The van der Waals surface area contributed by atoms with Gasteiger partial charge in [-0.1, -0.05) is 10.3 Å². The van der Waals surface area contributed by atoms with Gasteiger partial charge in [-0.3, -0.25) is 0 Å². The second kappa shape index (κ2) is 10.3. The largest absolute Gasteiger partial charge is 0.507 e. The van der Waals surface area contributed by atoms with Gasteiger partial charge in [0.1, 0.15) is 5.75 Å². The summed E-state index contributed by atoms with van der Waals surface area (Å²) in [5, 5.41) is 2.12. The number of rotatable bonds is 10. The van der Waals surface area contributed by atoms with Crippen LogP contribution in [-0.2, 0) is 13.7 Å². The van der Waals surface area contributed by atoms with Crippen LogP contribution in [-0.4, -0.2) is 72.0 Å². The molecule has 0 bridgehead atoms. The lowest BCUT2D eigenvalue weighted by Gasteiger charge is -2.43. The Morgan fingerprint density at radius 1 is 0.628 bits per heavy atom. The molecule has 43 heavy (non-hydrogen) atoms. The molecule has 1 aliphatic heterocycles. The minimum absolute atomic E-state index is 0.0862. The summed E-state index contributed by atoms with van der Waals surface area (Å²) in [6, 6.07) is 1.81. The Balaban J connectivity index is 2.68. The minimum atomic E-state index is -8.91. The van der Waals surface area contributed by atoms with Crippen LogP contribution in [0.2, 0.25) is 0 Å². The number of hydrogen-bond acceptors (Lipinski definition) is 4. The first-order chi connectivity index (χ1) is 18.7. The molecule has 0 saturated carbocycles. The van der Waals surface area contributed by atoms with Gasteiger partial charge in [0.2, 0.25) is 0 Å². The van der Waals surface area contributed by atoms with Crippen molar-refractivity contribution in [2.45, 2.75) is 78.6 Å². The van der Waals surface area contributed by atoms with E-state index in [0.29, 0.717) is 0 Å². The zero-order valence-electron chi connectivity index (χ0n) is 20.9. The molecule has 0 unspecified atom stereocenters. The predicted molar refractivity (Wildman–Crippen MR) is 113 cm³/mol. The van der Waals surface area contributed by atoms with Crippen LogP contribution in [0.1, 0.15) is 24.0 Å². The van der Waals surface area contributed by atoms with Crippen molar-refractivity contribution in [2.24, 2.45) is 0 Å². The van der Waals surface area contributed by atoms with Crippen molar-refractivity contribution in [3.8, 4) is 5.75 Å². The summed E-state index contributed by atoms with van der Waals surface area (Å²) in [6.07, 6.45) is -8.11. The van der Waals surface area contributed by atoms with Crippen LogP contribution in [0.4, 0.5) is 74.6 Å². The summed E-state index contributed by atoms with van der Waals surface area (Å²) in [5.41, 5.74) is -0.172. The Kier molecular flexibility index (Phi) is 8.94. The standard InChI is InChI=1S/C20H17F17O4S2/c1-9-7-11(8-10(2)12(9)38)42(5-3-4-6-42)41-43(39,40)20(36,37)18(31,32)16(27,28)14(23,24)13(21,22)15(25,26)17(29,30)19(33,34)35/h7-8,38H,3-6H2,1-2H3. The van der Waals surface area contributed by atoms with E-state index in [2.05, 4.69) is 3.63 Å². The maximum Gasteiger partial charge on any atom is 0.460 e. The van der Waals surface area contributed by atoms with Gasteiger partial charge in [0.25, 0.3) is 0 Å². The highest BCUT2D eigenvalue weighted by molar-refractivity contribution is 8.33. The Labute approximate surface area is 231 Å². The van der Waals surface area contributed by atoms with E-state index in [9.17, 15) is 88.2 Å². The van der Waals surface area contributed by atoms with Gasteiger partial charge in [-0.15, -0.1) is 0 Å². The van der Waals surface area contributed by atoms with Gasteiger partial charge in [0.05, 0.1) is 0 Å². The molecule has 0 amide bonds. The van der Waals surface area contributed by atoms with Crippen molar-refractivity contribution in [3.05, 3.63) is 23.3 Å².